The molecule has 2 aliphatic rings. The Balaban J connectivity index is 2.10. The third-order valence-corrected chi connectivity index (χ3v) is 4.84. The van der Waals surface area contributed by atoms with Gasteiger partial charge in [-0.1, -0.05) is 30.4 Å². The minimum atomic E-state index is -4.60. The number of rotatable bonds is 4. The molecule has 0 bridgehead atoms. The molecule has 0 heterocycles. The van der Waals surface area contributed by atoms with Gasteiger partial charge in [-0.25, -0.2) is 4.39 Å². The van der Waals surface area contributed by atoms with Crippen LogP contribution in [0.5, 0.6) is 0 Å². The van der Waals surface area contributed by atoms with Gasteiger partial charge in [-0.2, -0.15) is 13.2 Å². The molecule has 2 aliphatic carbocycles. The largest absolute Gasteiger partial charge is 0.401 e. The maximum atomic E-state index is 14.2. The number of alkyl halides is 5. The van der Waals surface area contributed by atoms with Crippen molar-refractivity contribution in [3.05, 3.63) is 36.5 Å². The van der Waals surface area contributed by atoms with Crippen molar-refractivity contribution in [1.29, 1.82) is 0 Å². The lowest BCUT2D eigenvalue weighted by Gasteiger charge is -2.45. The van der Waals surface area contributed by atoms with Crippen LogP contribution in [0.2, 0.25) is 0 Å². The minimum Gasteiger partial charge on any atom is -0.251 e. The van der Waals surface area contributed by atoms with Crippen molar-refractivity contribution in [2.45, 2.75) is 44.5 Å². The predicted octanol–water partition coefficient (Wildman–Crippen LogP) is 5.72. The van der Waals surface area contributed by atoms with Crippen LogP contribution in [0, 0.1) is 17.3 Å². The molecule has 5 heteroatoms. The van der Waals surface area contributed by atoms with E-state index in [9.17, 15) is 22.0 Å². The molecule has 0 nitrogen and oxygen atoms in total. The zero-order chi connectivity index (χ0) is 16.2. The van der Waals surface area contributed by atoms with Crippen molar-refractivity contribution in [2.75, 3.05) is 6.67 Å². The molecule has 0 amide bonds. The van der Waals surface area contributed by atoms with E-state index in [1.165, 1.54) is 12.2 Å². The van der Waals surface area contributed by atoms with Gasteiger partial charge in [0.1, 0.15) is 11.6 Å². The molecule has 0 spiro atoms. The van der Waals surface area contributed by atoms with Gasteiger partial charge in [0.2, 0.25) is 0 Å². The van der Waals surface area contributed by atoms with E-state index in [0.29, 0.717) is 32.1 Å². The fourth-order valence-corrected chi connectivity index (χ4v) is 3.61. The Labute approximate surface area is 127 Å². The van der Waals surface area contributed by atoms with E-state index < -0.39 is 30.4 Å². The summed E-state index contributed by atoms with van der Waals surface area (Å²) in [6.07, 6.45) is 3.84. The summed E-state index contributed by atoms with van der Waals surface area (Å²) in [5, 5.41) is 0. The molecule has 0 saturated heterocycles. The van der Waals surface area contributed by atoms with Crippen LogP contribution in [0.4, 0.5) is 22.0 Å². The molecule has 22 heavy (non-hydrogen) atoms. The van der Waals surface area contributed by atoms with Gasteiger partial charge >= 0.3 is 6.18 Å². The SMILES string of the molecule is FCCC=CC1CCC(C2(C(F)(F)F)C=CC=CC2F)CC1. The van der Waals surface area contributed by atoms with E-state index >= 15 is 0 Å². The van der Waals surface area contributed by atoms with Crippen LogP contribution in [0.3, 0.4) is 0 Å². The van der Waals surface area contributed by atoms with Crippen LogP contribution in [0.15, 0.2) is 36.5 Å². The Kier molecular flexibility index (Phi) is 5.45. The lowest BCUT2D eigenvalue weighted by atomic mass is 9.63. The van der Waals surface area contributed by atoms with E-state index in [4.69, 9.17) is 0 Å². The molecular weight excluding hydrogens is 299 g/mol. The zero-order valence-corrected chi connectivity index (χ0v) is 12.3. The van der Waals surface area contributed by atoms with Crippen molar-refractivity contribution < 1.29 is 22.0 Å². The Morgan fingerprint density at radius 2 is 1.77 bits per heavy atom. The van der Waals surface area contributed by atoms with Crippen molar-refractivity contribution in [3.63, 3.8) is 0 Å². The van der Waals surface area contributed by atoms with Gasteiger partial charge < -0.3 is 0 Å². The van der Waals surface area contributed by atoms with Gasteiger partial charge in [0.05, 0.1) is 6.67 Å². The van der Waals surface area contributed by atoms with Gasteiger partial charge in [-0.05, 0) is 50.0 Å². The van der Waals surface area contributed by atoms with Crippen LogP contribution >= 0.6 is 0 Å². The maximum Gasteiger partial charge on any atom is 0.401 e. The van der Waals surface area contributed by atoms with Gasteiger partial charge in [0.25, 0.3) is 0 Å². The standard InChI is InChI=1S/C17H21F5/c18-12-4-2-5-13-7-9-14(10-8-13)16(17(20,21)22)11-3-1-6-15(16)19/h1-3,5-6,11,13-15H,4,7-10,12H2. The summed E-state index contributed by atoms with van der Waals surface area (Å²) in [6.45, 7) is -0.427. The average Bonchev–Trinajstić information content (AvgIpc) is 2.48. The lowest BCUT2D eigenvalue weighted by molar-refractivity contribution is -0.242. The third-order valence-electron chi connectivity index (χ3n) is 4.84. The first-order valence-corrected chi connectivity index (χ1v) is 7.71. The molecule has 2 unspecified atom stereocenters. The second-order valence-corrected chi connectivity index (χ2v) is 6.09. The molecule has 2 atom stereocenters. The molecule has 1 saturated carbocycles. The van der Waals surface area contributed by atoms with Crippen molar-refractivity contribution >= 4 is 0 Å². The summed E-state index contributed by atoms with van der Waals surface area (Å²) in [4.78, 5) is 0. The normalized spacial score (nSPS) is 36.1. The molecule has 2 rings (SSSR count). The van der Waals surface area contributed by atoms with Gasteiger partial charge in [0, 0.05) is 0 Å². The molecule has 1 fully saturated rings. The van der Waals surface area contributed by atoms with Crippen LogP contribution in [-0.4, -0.2) is 19.0 Å². The van der Waals surface area contributed by atoms with Crippen molar-refractivity contribution in [1.82, 2.24) is 0 Å². The van der Waals surface area contributed by atoms with E-state index in [0.717, 1.165) is 12.2 Å². The maximum absolute atomic E-state index is 14.2. The molecule has 0 radical (unpaired) electrons. The van der Waals surface area contributed by atoms with Crippen LogP contribution in [-0.2, 0) is 0 Å². The first kappa shape index (κ1) is 17.2. The lowest BCUT2D eigenvalue weighted by Crippen LogP contribution is -2.51. The summed E-state index contributed by atoms with van der Waals surface area (Å²) >= 11 is 0. The van der Waals surface area contributed by atoms with Gasteiger partial charge in [-0.15, -0.1) is 0 Å². The first-order valence-electron chi connectivity index (χ1n) is 7.71. The minimum absolute atomic E-state index is 0.175. The number of allylic oxidation sites excluding steroid dienone is 6. The summed E-state index contributed by atoms with van der Waals surface area (Å²) < 4.78 is 67.0. The second kappa shape index (κ2) is 6.97. The molecule has 124 valence electrons. The number of hydrogen-bond donors (Lipinski definition) is 0. The molecule has 0 aromatic heterocycles. The molecular formula is C17H21F5. The molecule has 0 aromatic rings. The zero-order valence-electron chi connectivity index (χ0n) is 12.3. The van der Waals surface area contributed by atoms with Gasteiger partial charge in [0.15, 0.2) is 0 Å². The molecule has 0 aliphatic heterocycles. The summed E-state index contributed by atoms with van der Waals surface area (Å²) in [5.74, 6) is -0.566. The van der Waals surface area contributed by atoms with Crippen LogP contribution in [0.1, 0.15) is 32.1 Å². The van der Waals surface area contributed by atoms with Gasteiger partial charge in [-0.3, -0.25) is 4.39 Å². The highest BCUT2D eigenvalue weighted by Crippen LogP contribution is 2.55. The Hall–Kier alpha value is -1.13. The number of hydrogen-bond acceptors (Lipinski definition) is 0. The highest BCUT2D eigenvalue weighted by atomic mass is 19.4. The average molecular weight is 320 g/mol. The second-order valence-electron chi connectivity index (χ2n) is 6.09. The van der Waals surface area contributed by atoms with E-state index in [-0.39, 0.29) is 5.92 Å². The number of halogens is 5. The fraction of sp³-hybridized carbons (Fsp3) is 0.647. The highest BCUT2D eigenvalue weighted by Gasteiger charge is 2.62. The van der Waals surface area contributed by atoms with Crippen LogP contribution in [0.25, 0.3) is 0 Å². The Bertz CT molecular complexity index is 440. The fourth-order valence-electron chi connectivity index (χ4n) is 3.61. The molecule has 0 aromatic carbocycles. The van der Waals surface area contributed by atoms with Crippen molar-refractivity contribution in [2.24, 2.45) is 17.3 Å². The predicted molar refractivity (Wildman–Crippen MR) is 76.8 cm³/mol. The van der Waals surface area contributed by atoms with Crippen LogP contribution < -0.4 is 0 Å². The molecule has 0 N–H and O–H groups in total. The highest BCUT2D eigenvalue weighted by molar-refractivity contribution is 5.25. The van der Waals surface area contributed by atoms with E-state index in [2.05, 4.69) is 0 Å². The smallest absolute Gasteiger partial charge is 0.251 e. The Morgan fingerprint density at radius 3 is 2.32 bits per heavy atom. The third kappa shape index (κ3) is 3.28. The summed E-state index contributed by atoms with van der Waals surface area (Å²) in [7, 11) is 0. The quantitative estimate of drug-likeness (QED) is 0.459. The monoisotopic (exact) mass is 320 g/mol. The van der Waals surface area contributed by atoms with E-state index in [1.807, 2.05) is 6.08 Å². The topological polar surface area (TPSA) is 0 Å². The summed E-state index contributed by atoms with van der Waals surface area (Å²) in [6, 6.07) is 0. The van der Waals surface area contributed by atoms with E-state index in [1.54, 1.807) is 6.08 Å². The first-order chi connectivity index (χ1) is 10.4. The summed E-state index contributed by atoms with van der Waals surface area (Å²) in [5.41, 5.74) is -2.39. The van der Waals surface area contributed by atoms with Crippen molar-refractivity contribution in [3.8, 4) is 0 Å². The Morgan fingerprint density at radius 1 is 1.09 bits per heavy atom.